The Hall–Kier alpha value is -1.34. The zero-order chi connectivity index (χ0) is 18.1. The Labute approximate surface area is 156 Å². The highest BCUT2D eigenvalue weighted by atomic mass is 32.2. The lowest BCUT2D eigenvalue weighted by Gasteiger charge is -2.18. The summed E-state index contributed by atoms with van der Waals surface area (Å²) in [5, 5.41) is 4.33. The molecule has 0 bridgehead atoms. The molecule has 136 valence electrons. The first-order valence-corrected chi connectivity index (χ1v) is 10.6. The molecule has 25 heavy (non-hydrogen) atoms. The van der Waals surface area contributed by atoms with Crippen molar-refractivity contribution in [3.05, 3.63) is 20.8 Å². The molecule has 0 atom stereocenters. The monoisotopic (exact) mass is 379 g/mol. The molecule has 0 spiro atoms. The average molecular weight is 380 g/mol. The Balaban J connectivity index is 2.01. The summed E-state index contributed by atoms with van der Waals surface area (Å²) >= 11 is 2.94. The molecule has 1 fully saturated rings. The highest BCUT2D eigenvalue weighted by Gasteiger charge is 2.25. The number of thiophene rings is 1. The average Bonchev–Trinajstić information content (AvgIpc) is 3.14. The maximum atomic E-state index is 13.2. The van der Waals surface area contributed by atoms with Gasteiger partial charge in [-0.3, -0.25) is 14.2 Å². The van der Waals surface area contributed by atoms with E-state index in [1.54, 1.807) is 11.3 Å². The van der Waals surface area contributed by atoms with Gasteiger partial charge in [0.15, 0.2) is 5.16 Å². The third kappa shape index (κ3) is 3.77. The van der Waals surface area contributed by atoms with Crippen LogP contribution in [-0.2, 0) is 4.79 Å². The summed E-state index contributed by atoms with van der Waals surface area (Å²) in [6.07, 6.45) is 4.32. The summed E-state index contributed by atoms with van der Waals surface area (Å²) in [6, 6.07) is 0.322. The van der Waals surface area contributed by atoms with Crippen molar-refractivity contribution < 1.29 is 4.79 Å². The van der Waals surface area contributed by atoms with E-state index in [-0.39, 0.29) is 29.3 Å². The summed E-state index contributed by atoms with van der Waals surface area (Å²) in [6.45, 7) is 7.92. The van der Waals surface area contributed by atoms with Gasteiger partial charge in [0, 0.05) is 17.0 Å². The molecule has 1 amide bonds. The van der Waals surface area contributed by atoms with Gasteiger partial charge in [0.1, 0.15) is 4.83 Å². The maximum absolute atomic E-state index is 13.2. The van der Waals surface area contributed by atoms with Crippen LogP contribution in [0.3, 0.4) is 0 Å². The van der Waals surface area contributed by atoms with Crippen LogP contribution in [0.4, 0.5) is 0 Å². The molecule has 2 aromatic heterocycles. The Kier molecular flexibility index (Phi) is 5.53. The van der Waals surface area contributed by atoms with Gasteiger partial charge in [-0.2, -0.15) is 0 Å². The van der Waals surface area contributed by atoms with Gasteiger partial charge < -0.3 is 5.32 Å². The van der Waals surface area contributed by atoms with E-state index in [2.05, 4.69) is 5.32 Å². The van der Waals surface area contributed by atoms with Crippen molar-refractivity contribution in [1.29, 1.82) is 0 Å². The van der Waals surface area contributed by atoms with E-state index < -0.39 is 0 Å². The quantitative estimate of drug-likeness (QED) is 0.634. The topological polar surface area (TPSA) is 64.0 Å². The summed E-state index contributed by atoms with van der Waals surface area (Å²) in [5.41, 5.74) is 1.10. The van der Waals surface area contributed by atoms with Crippen molar-refractivity contribution in [2.45, 2.75) is 70.6 Å². The van der Waals surface area contributed by atoms with Gasteiger partial charge in [0.25, 0.3) is 5.56 Å². The SMILES string of the molecule is Cc1sc2nc(SCC(=O)NC(C)C)n(C3CCCC3)c(=O)c2c1C. The molecule has 1 saturated carbocycles. The zero-order valence-corrected chi connectivity index (χ0v) is 16.9. The van der Waals surface area contributed by atoms with Gasteiger partial charge in [0.05, 0.1) is 11.1 Å². The first-order valence-electron chi connectivity index (χ1n) is 8.83. The number of carbonyl (C=O) groups is 1. The number of rotatable bonds is 5. The highest BCUT2D eigenvalue weighted by Crippen LogP contribution is 2.34. The fourth-order valence-corrected chi connectivity index (χ4v) is 5.32. The third-order valence-corrected chi connectivity index (χ3v) is 6.73. The Morgan fingerprint density at radius 2 is 2.04 bits per heavy atom. The summed E-state index contributed by atoms with van der Waals surface area (Å²) < 4.78 is 1.86. The molecule has 0 unspecified atom stereocenters. The second-order valence-corrected chi connectivity index (χ2v) is 9.13. The largest absolute Gasteiger partial charge is 0.353 e. The van der Waals surface area contributed by atoms with Gasteiger partial charge in [0.2, 0.25) is 5.91 Å². The van der Waals surface area contributed by atoms with E-state index in [1.807, 2.05) is 32.3 Å². The molecule has 3 rings (SSSR count). The van der Waals surface area contributed by atoms with Crippen LogP contribution in [0.5, 0.6) is 0 Å². The number of fused-ring (bicyclic) bond motifs is 1. The number of thioether (sulfide) groups is 1. The zero-order valence-electron chi connectivity index (χ0n) is 15.2. The third-order valence-electron chi connectivity index (χ3n) is 4.67. The second-order valence-electron chi connectivity index (χ2n) is 6.98. The number of hydrogen-bond acceptors (Lipinski definition) is 5. The minimum atomic E-state index is -0.0224. The number of nitrogens with zero attached hydrogens (tertiary/aromatic N) is 2. The van der Waals surface area contributed by atoms with Crippen LogP contribution in [0, 0.1) is 13.8 Å². The fraction of sp³-hybridized carbons (Fsp3) is 0.611. The minimum absolute atomic E-state index is 0.0224. The van der Waals surface area contributed by atoms with Crippen molar-refractivity contribution >= 4 is 39.2 Å². The molecule has 2 aromatic rings. The predicted molar refractivity (Wildman–Crippen MR) is 105 cm³/mol. The summed E-state index contributed by atoms with van der Waals surface area (Å²) in [7, 11) is 0. The molecule has 1 N–H and O–H groups in total. The first kappa shape index (κ1) is 18.5. The molecule has 1 aliphatic carbocycles. The molecule has 0 aromatic carbocycles. The smallest absolute Gasteiger partial charge is 0.263 e. The van der Waals surface area contributed by atoms with Crippen LogP contribution < -0.4 is 10.9 Å². The lowest BCUT2D eigenvalue weighted by molar-refractivity contribution is -0.119. The summed E-state index contributed by atoms with van der Waals surface area (Å²) in [5.74, 6) is 0.262. The maximum Gasteiger partial charge on any atom is 0.263 e. The van der Waals surface area contributed by atoms with Crippen molar-refractivity contribution in [2.75, 3.05) is 5.75 Å². The van der Waals surface area contributed by atoms with Gasteiger partial charge in [-0.1, -0.05) is 24.6 Å². The van der Waals surface area contributed by atoms with E-state index in [4.69, 9.17) is 4.98 Å². The van der Waals surface area contributed by atoms with E-state index >= 15 is 0 Å². The normalized spacial score (nSPS) is 15.4. The Morgan fingerprint density at radius 3 is 2.68 bits per heavy atom. The molecular formula is C18H25N3O2S2. The number of amides is 1. The number of aromatic nitrogens is 2. The number of hydrogen-bond donors (Lipinski definition) is 1. The van der Waals surface area contributed by atoms with Crippen molar-refractivity contribution in [3.8, 4) is 0 Å². The van der Waals surface area contributed by atoms with E-state index in [9.17, 15) is 9.59 Å². The Bertz CT molecular complexity index is 848. The second kappa shape index (κ2) is 7.50. The fourth-order valence-electron chi connectivity index (χ4n) is 3.37. The van der Waals surface area contributed by atoms with E-state index in [0.717, 1.165) is 46.3 Å². The molecular weight excluding hydrogens is 354 g/mol. The van der Waals surface area contributed by atoms with Crippen molar-refractivity contribution in [3.63, 3.8) is 0 Å². The van der Waals surface area contributed by atoms with Gasteiger partial charge >= 0.3 is 0 Å². The van der Waals surface area contributed by atoms with Crippen LogP contribution in [0.1, 0.15) is 56.0 Å². The van der Waals surface area contributed by atoms with E-state index in [1.165, 1.54) is 11.8 Å². The number of carbonyl (C=O) groups excluding carboxylic acids is 1. The van der Waals surface area contributed by atoms with Gasteiger partial charge in [-0.15, -0.1) is 11.3 Å². The lowest BCUT2D eigenvalue weighted by Crippen LogP contribution is -2.32. The van der Waals surface area contributed by atoms with Crippen molar-refractivity contribution in [1.82, 2.24) is 14.9 Å². The number of nitrogens with one attached hydrogen (secondary N) is 1. The molecule has 7 heteroatoms. The predicted octanol–water partition coefficient (Wildman–Crippen LogP) is 3.81. The lowest BCUT2D eigenvalue weighted by atomic mass is 10.2. The van der Waals surface area contributed by atoms with Crippen LogP contribution in [0.15, 0.2) is 9.95 Å². The van der Waals surface area contributed by atoms with Crippen LogP contribution in [-0.4, -0.2) is 27.3 Å². The standard InChI is InChI=1S/C18H25N3O2S2/c1-10(2)19-14(22)9-24-18-20-16-15(11(3)12(4)25-16)17(23)21(18)13-7-5-6-8-13/h10,13H,5-9H2,1-4H3,(H,19,22). The molecule has 0 radical (unpaired) electrons. The van der Waals surface area contributed by atoms with Crippen LogP contribution in [0.25, 0.3) is 10.2 Å². The van der Waals surface area contributed by atoms with Crippen molar-refractivity contribution in [2.24, 2.45) is 0 Å². The Morgan fingerprint density at radius 1 is 1.36 bits per heavy atom. The summed E-state index contributed by atoms with van der Waals surface area (Å²) in [4.78, 5) is 31.9. The van der Waals surface area contributed by atoms with Gasteiger partial charge in [-0.05, 0) is 46.1 Å². The molecule has 0 saturated heterocycles. The van der Waals surface area contributed by atoms with Gasteiger partial charge in [-0.25, -0.2) is 4.98 Å². The van der Waals surface area contributed by atoms with E-state index in [0.29, 0.717) is 5.16 Å². The minimum Gasteiger partial charge on any atom is -0.353 e. The first-order chi connectivity index (χ1) is 11.9. The molecule has 5 nitrogen and oxygen atoms in total. The molecule has 0 aliphatic heterocycles. The van der Waals surface area contributed by atoms with Crippen LogP contribution >= 0.6 is 23.1 Å². The molecule has 2 heterocycles. The number of aryl methyl sites for hydroxylation is 2. The van der Waals surface area contributed by atoms with Crippen LogP contribution in [0.2, 0.25) is 0 Å². The molecule has 1 aliphatic rings. The highest BCUT2D eigenvalue weighted by molar-refractivity contribution is 7.99.